The van der Waals surface area contributed by atoms with Gasteiger partial charge in [0.05, 0.1) is 12.7 Å². The van der Waals surface area contributed by atoms with E-state index in [0.717, 1.165) is 18.4 Å². The van der Waals surface area contributed by atoms with Gasteiger partial charge in [0.2, 0.25) is 0 Å². The summed E-state index contributed by atoms with van der Waals surface area (Å²) in [4.78, 5) is 0. The minimum atomic E-state index is -0.787. The van der Waals surface area contributed by atoms with Crippen molar-refractivity contribution in [2.24, 2.45) is 0 Å². The molecule has 0 bridgehead atoms. The first-order valence-electron chi connectivity index (χ1n) is 6.10. The second kappa shape index (κ2) is 4.56. The summed E-state index contributed by atoms with van der Waals surface area (Å²) in [5.74, 6) is 0. The van der Waals surface area contributed by atoms with Crippen molar-refractivity contribution in [1.82, 2.24) is 0 Å². The van der Waals surface area contributed by atoms with Gasteiger partial charge in [-0.2, -0.15) is 0 Å². The molecule has 0 aromatic heterocycles. The van der Waals surface area contributed by atoms with Crippen LogP contribution in [0.1, 0.15) is 37.8 Å². The first-order valence-corrected chi connectivity index (χ1v) is 6.10. The number of benzene rings is 1. The number of aliphatic hydroxyl groups is 1. The summed E-state index contributed by atoms with van der Waals surface area (Å²) in [6, 6.07) is 8.30. The molecule has 88 valence electrons. The SMILES string of the molecule is CCCc1ccc(C2(O)CCOC2C)cc1. The average molecular weight is 220 g/mol. The van der Waals surface area contributed by atoms with Crippen molar-refractivity contribution in [3.63, 3.8) is 0 Å². The number of aryl methyl sites for hydroxylation is 1. The Kier molecular flexibility index (Phi) is 3.31. The normalized spacial score (nSPS) is 29.6. The molecule has 1 heterocycles. The highest BCUT2D eigenvalue weighted by Gasteiger charge is 2.40. The largest absolute Gasteiger partial charge is 0.382 e. The minimum absolute atomic E-state index is 0.107. The van der Waals surface area contributed by atoms with E-state index in [0.29, 0.717) is 13.0 Å². The van der Waals surface area contributed by atoms with Gasteiger partial charge in [-0.25, -0.2) is 0 Å². The molecule has 0 spiro atoms. The van der Waals surface area contributed by atoms with E-state index in [-0.39, 0.29) is 6.10 Å². The van der Waals surface area contributed by atoms with E-state index in [2.05, 4.69) is 19.1 Å². The fourth-order valence-corrected chi connectivity index (χ4v) is 2.36. The summed E-state index contributed by atoms with van der Waals surface area (Å²) in [5.41, 5.74) is 1.53. The Bertz CT molecular complexity index is 344. The summed E-state index contributed by atoms with van der Waals surface area (Å²) >= 11 is 0. The Morgan fingerprint density at radius 3 is 2.56 bits per heavy atom. The smallest absolute Gasteiger partial charge is 0.118 e. The topological polar surface area (TPSA) is 29.5 Å². The lowest BCUT2D eigenvalue weighted by Gasteiger charge is -2.26. The first-order chi connectivity index (χ1) is 7.66. The molecule has 1 aliphatic rings. The van der Waals surface area contributed by atoms with Crippen molar-refractivity contribution in [1.29, 1.82) is 0 Å². The molecule has 2 nitrogen and oxygen atoms in total. The van der Waals surface area contributed by atoms with Crippen LogP contribution in [-0.2, 0) is 16.8 Å². The quantitative estimate of drug-likeness (QED) is 0.848. The number of ether oxygens (including phenoxy) is 1. The molecule has 2 unspecified atom stereocenters. The van der Waals surface area contributed by atoms with Gasteiger partial charge in [-0.3, -0.25) is 0 Å². The van der Waals surface area contributed by atoms with Crippen molar-refractivity contribution in [2.75, 3.05) is 6.61 Å². The van der Waals surface area contributed by atoms with Crippen molar-refractivity contribution in [3.05, 3.63) is 35.4 Å². The molecule has 1 aromatic carbocycles. The molecule has 0 amide bonds. The van der Waals surface area contributed by atoms with Crippen molar-refractivity contribution >= 4 is 0 Å². The lowest BCUT2D eigenvalue weighted by molar-refractivity contribution is -0.0317. The predicted octanol–water partition coefficient (Wildman–Crippen LogP) is 2.64. The first kappa shape index (κ1) is 11.6. The molecule has 0 aliphatic carbocycles. The van der Waals surface area contributed by atoms with Crippen LogP contribution >= 0.6 is 0 Å². The van der Waals surface area contributed by atoms with Crippen LogP contribution in [0.15, 0.2) is 24.3 Å². The Balaban J connectivity index is 2.20. The van der Waals surface area contributed by atoms with E-state index >= 15 is 0 Å². The standard InChI is InChI=1S/C14H20O2/c1-3-4-12-5-7-13(8-6-12)14(15)9-10-16-11(14)2/h5-8,11,15H,3-4,9-10H2,1-2H3. The molecule has 1 N–H and O–H groups in total. The number of rotatable bonds is 3. The average Bonchev–Trinajstić information content (AvgIpc) is 2.62. The van der Waals surface area contributed by atoms with Gasteiger partial charge in [0.1, 0.15) is 5.60 Å². The van der Waals surface area contributed by atoms with E-state index in [1.807, 2.05) is 19.1 Å². The molecule has 0 saturated carbocycles. The fourth-order valence-electron chi connectivity index (χ4n) is 2.36. The third kappa shape index (κ3) is 2.00. The Labute approximate surface area is 97.3 Å². The molecule has 0 radical (unpaired) electrons. The zero-order valence-electron chi connectivity index (χ0n) is 10.1. The van der Waals surface area contributed by atoms with Crippen LogP contribution in [0, 0.1) is 0 Å². The summed E-state index contributed by atoms with van der Waals surface area (Å²) in [6.45, 7) is 4.76. The van der Waals surface area contributed by atoms with Crippen LogP contribution in [0.2, 0.25) is 0 Å². The van der Waals surface area contributed by atoms with E-state index in [1.54, 1.807) is 0 Å². The lowest BCUT2D eigenvalue weighted by atomic mass is 9.87. The summed E-state index contributed by atoms with van der Waals surface area (Å²) in [6.07, 6.45) is 2.85. The van der Waals surface area contributed by atoms with E-state index in [9.17, 15) is 5.11 Å². The zero-order chi connectivity index (χ0) is 11.6. The maximum Gasteiger partial charge on any atom is 0.118 e. The molecule has 2 heteroatoms. The van der Waals surface area contributed by atoms with Crippen molar-refractivity contribution < 1.29 is 9.84 Å². The van der Waals surface area contributed by atoms with Crippen LogP contribution in [0.5, 0.6) is 0 Å². The van der Waals surface area contributed by atoms with Gasteiger partial charge in [0.25, 0.3) is 0 Å². The predicted molar refractivity (Wildman–Crippen MR) is 64.4 cm³/mol. The number of hydrogen-bond acceptors (Lipinski definition) is 2. The van der Waals surface area contributed by atoms with Crippen LogP contribution < -0.4 is 0 Å². The third-order valence-corrected chi connectivity index (χ3v) is 3.52. The molecule has 16 heavy (non-hydrogen) atoms. The van der Waals surface area contributed by atoms with Gasteiger partial charge in [0.15, 0.2) is 0 Å². The summed E-state index contributed by atoms with van der Waals surface area (Å²) in [7, 11) is 0. The second-order valence-corrected chi connectivity index (χ2v) is 4.63. The number of hydrogen-bond donors (Lipinski definition) is 1. The minimum Gasteiger partial charge on any atom is -0.382 e. The maximum absolute atomic E-state index is 10.5. The monoisotopic (exact) mass is 220 g/mol. The highest BCUT2D eigenvalue weighted by molar-refractivity contribution is 5.29. The second-order valence-electron chi connectivity index (χ2n) is 4.63. The van der Waals surface area contributed by atoms with Crippen LogP contribution in [-0.4, -0.2) is 17.8 Å². The summed E-state index contributed by atoms with van der Waals surface area (Å²) in [5, 5.41) is 10.5. The third-order valence-electron chi connectivity index (χ3n) is 3.52. The molecule has 1 aromatic rings. The summed E-state index contributed by atoms with van der Waals surface area (Å²) < 4.78 is 5.45. The van der Waals surface area contributed by atoms with Crippen molar-refractivity contribution in [3.8, 4) is 0 Å². The van der Waals surface area contributed by atoms with Crippen LogP contribution in [0.3, 0.4) is 0 Å². The van der Waals surface area contributed by atoms with Gasteiger partial charge in [-0.15, -0.1) is 0 Å². The van der Waals surface area contributed by atoms with Crippen LogP contribution in [0.25, 0.3) is 0 Å². The van der Waals surface area contributed by atoms with Gasteiger partial charge < -0.3 is 9.84 Å². The highest BCUT2D eigenvalue weighted by Crippen LogP contribution is 2.35. The van der Waals surface area contributed by atoms with E-state index < -0.39 is 5.60 Å². The van der Waals surface area contributed by atoms with E-state index in [4.69, 9.17) is 4.74 Å². The maximum atomic E-state index is 10.5. The molecule has 2 atom stereocenters. The van der Waals surface area contributed by atoms with Crippen molar-refractivity contribution in [2.45, 2.75) is 44.8 Å². The lowest BCUT2D eigenvalue weighted by Crippen LogP contribution is -2.33. The molecular formula is C14H20O2. The zero-order valence-corrected chi connectivity index (χ0v) is 10.1. The molecule has 2 rings (SSSR count). The Morgan fingerprint density at radius 1 is 1.38 bits per heavy atom. The molecular weight excluding hydrogens is 200 g/mol. The van der Waals surface area contributed by atoms with E-state index in [1.165, 1.54) is 5.56 Å². The fraction of sp³-hybridized carbons (Fsp3) is 0.571. The molecule has 1 aliphatic heterocycles. The van der Waals surface area contributed by atoms with Gasteiger partial charge in [-0.1, -0.05) is 37.6 Å². The highest BCUT2D eigenvalue weighted by atomic mass is 16.5. The Morgan fingerprint density at radius 2 is 2.06 bits per heavy atom. The van der Waals surface area contributed by atoms with Gasteiger partial charge >= 0.3 is 0 Å². The van der Waals surface area contributed by atoms with Crippen LogP contribution in [0.4, 0.5) is 0 Å². The van der Waals surface area contributed by atoms with Gasteiger partial charge in [0, 0.05) is 6.42 Å². The molecule has 1 saturated heterocycles. The van der Waals surface area contributed by atoms with Gasteiger partial charge in [-0.05, 0) is 24.5 Å². The molecule has 1 fully saturated rings. The Hall–Kier alpha value is -0.860.